The molecule has 6 heteroatoms. The second kappa shape index (κ2) is 5.91. The minimum Gasteiger partial charge on any atom is -0.393 e. The fourth-order valence-electron chi connectivity index (χ4n) is 2.21. The summed E-state index contributed by atoms with van der Waals surface area (Å²) in [6.45, 7) is 4.57. The van der Waals surface area contributed by atoms with Gasteiger partial charge in [-0.05, 0) is 13.3 Å². The maximum atomic E-state index is 13.1. The topological polar surface area (TPSA) is 46.3 Å². The van der Waals surface area contributed by atoms with Crippen LogP contribution in [0, 0.1) is 11.8 Å². The molecule has 18 heavy (non-hydrogen) atoms. The molecule has 2 N–H and O–H groups in total. The van der Waals surface area contributed by atoms with Gasteiger partial charge in [-0.1, -0.05) is 19.1 Å². The van der Waals surface area contributed by atoms with E-state index in [-0.39, 0.29) is 31.1 Å². The highest BCUT2D eigenvalue weighted by Gasteiger charge is 2.43. The SMILES string of the molecule is CCN(CC(C)C(N)=S)C(=O)C1CCC(F)(F)C1. The van der Waals surface area contributed by atoms with Gasteiger partial charge in [0, 0.05) is 37.8 Å². The summed E-state index contributed by atoms with van der Waals surface area (Å²) >= 11 is 4.86. The van der Waals surface area contributed by atoms with Crippen molar-refractivity contribution in [2.45, 2.75) is 39.0 Å². The Labute approximate surface area is 112 Å². The second-order valence-corrected chi connectivity index (χ2v) is 5.45. The predicted octanol–water partition coefficient (Wildman–Crippen LogP) is 2.19. The maximum Gasteiger partial charge on any atom is 0.248 e. The van der Waals surface area contributed by atoms with Crippen LogP contribution >= 0.6 is 12.2 Å². The van der Waals surface area contributed by atoms with Crippen molar-refractivity contribution in [3.8, 4) is 0 Å². The van der Waals surface area contributed by atoms with Crippen molar-refractivity contribution >= 4 is 23.1 Å². The van der Waals surface area contributed by atoms with E-state index in [1.807, 2.05) is 13.8 Å². The van der Waals surface area contributed by atoms with Crippen molar-refractivity contribution in [3.63, 3.8) is 0 Å². The summed E-state index contributed by atoms with van der Waals surface area (Å²) in [5, 5.41) is 0. The number of nitrogens with two attached hydrogens (primary N) is 1. The zero-order valence-electron chi connectivity index (χ0n) is 10.8. The van der Waals surface area contributed by atoms with Crippen molar-refractivity contribution in [1.29, 1.82) is 0 Å². The van der Waals surface area contributed by atoms with Crippen LogP contribution in [0.15, 0.2) is 0 Å². The van der Waals surface area contributed by atoms with Crippen molar-refractivity contribution in [3.05, 3.63) is 0 Å². The molecule has 0 aromatic rings. The molecule has 0 aromatic carbocycles. The molecule has 1 rings (SSSR count). The second-order valence-electron chi connectivity index (χ2n) is 4.98. The van der Waals surface area contributed by atoms with Crippen LogP contribution in [0.25, 0.3) is 0 Å². The van der Waals surface area contributed by atoms with E-state index in [0.717, 1.165) is 0 Å². The molecule has 0 bridgehead atoms. The number of alkyl halides is 2. The fourth-order valence-corrected chi connectivity index (χ4v) is 2.29. The summed E-state index contributed by atoms with van der Waals surface area (Å²) in [7, 11) is 0. The number of carbonyl (C=O) groups excluding carboxylic acids is 1. The zero-order valence-corrected chi connectivity index (χ0v) is 11.6. The van der Waals surface area contributed by atoms with Gasteiger partial charge in [0.2, 0.25) is 11.8 Å². The van der Waals surface area contributed by atoms with E-state index in [1.54, 1.807) is 4.90 Å². The van der Waals surface area contributed by atoms with Gasteiger partial charge >= 0.3 is 0 Å². The molecule has 0 aromatic heterocycles. The molecule has 1 aliphatic rings. The van der Waals surface area contributed by atoms with Crippen LogP contribution in [0.2, 0.25) is 0 Å². The first-order valence-corrected chi connectivity index (χ1v) is 6.63. The van der Waals surface area contributed by atoms with Crippen molar-refractivity contribution < 1.29 is 13.6 Å². The van der Waals surface area contributed by atoms with Gasteiger partial charge < -0.3 is 10.6 Å². The number of amides is 1. The lowest BCUT2D eigenvalue weighted by Gasteiger charge is -2.26. The highest BCUT2D eigenvalue weighted by Crippen LogP contribution is 2.39. The third-order valence-electron chi connectivity index (χ3n) is 3.43. The fraction of sp³-hybridized carbons (Fsp3) is 0.833. The van der Waals surface area contributed by atoms with Gasteiger partial charge in [-0.2, -0.15) is 0 Å². The third kappa shape index (κ3) is 3.86. The quantitative estimate of drug-likeness (QED) is 0.784. The van der Waals surface area contributed by atoms with Gasteiger partial charge in [0.25, 0.3) is 0 Å². The molecule has 0 saturated heterocycles. The highest BCUT2D eigenvalue weighted by atomic mass is 32.1. The zero-order chi connectivity index (χ0) is 13.9. The first kappa shape index (κ1) is 15.3. The predicted molar refractivity (Wildman–Crippen MR) is 70.5 cm³/mol. The van der Waals surface area contributed by atoms with Crippen molar-refractivity contribution in [2.24, 2.45) is 17.6 Å². The molecule has 0 heterocycles. The number of carbonyl (C=O) groups is 1. The summed E-state index contributed by atoms with van der Waals surface area (Å²) < 4.78 is 26.2. The van der Waals surface area contributed by atoms with Crippen molar-refractivity contribution in [1.82, 2.24) is 4.90 Å². The van der Waals surface area contributed by atoms with Gasteiger partial charge in [0.05, 0.1) is 4.99 Å². The normalized spacial score (nSPS) is 23.7. The van der Waals surface area contributed by atoms with Crippen LogP contribution in [-0.4, -0.2) is 34.8 Å². The van der Waals surface area contributed by atoms with E-state index in [9.17, 15) is 13.6 Å². The lowest BCUT2D eigenvalue weighted by Crippen LogP contribution is -2.41. The summed E-state index contributed by atoms with van der Waals surface area (Å²) in [6, 6.07) is 0. The van der Waals surface area contributed by atoms with E-state index in [1.165, 1.54) is 0 Å². The minimum atomic E-state index is -2.69. The smallest absolute Gasteiger partial charge is 0.248 e. The first-order valence-electron chi connectivity index (χ1n) is 6.22. The van der Waals surface area contributed by atoms with Crippen LogP contribution in [0.5, 0.6) is 0 Å². The van der Waals surface area contributed by atoms with Crippen LogP contribution in [0.4, 0.5) is 8.78 Å². The number of halogens is 2. The average molecular weight is 278 g/mol. The summed E-state index contributed by atoms with van der Waals surface area (Å²) in [5.74, 6) is -3.53. The van der Waals surface area contributed by atoms with Gasteiger partial charge in [0.1, 0.15) is 0 Å². The molecule has 104 valence electrons. The van der Waals surface area contributed by atoms with E-state index in [0.29, 0.717) is 18.1 Å². The molecule has 1 fully saturated rings. The Hall–Kier alpha value is -0.780. The monoisotopic (exact) mass is 278 g/mol. The Bertz CT molecular complexity index is 336. The molecule has 0 spiro atoms. The van der Waals surface area contributed by atoms with Crippen molar-refractivity contribution in [2.75, 3.05) is 13.1 Å². The standard InChI is InChI=1S/C12H20F2N2OS/c1-3-16(7-8(2)10(15)18)11(17)9-4-5-12(13,14)6-9/h8-9H,3-7H2,1-2H3,(H2,15,18). The number of thiocarbonyl (C=S) groups is 1. The number of hydrogen-bond donors (Lipinski definition) is 1. The molecule has 1 amide bonds. The van der Waals surface area contributed by atoms with Gasteiger partial charge in [-0.3, -0.25) is 4.79 Å². The van der Waals surface area contributed by atoms with Crippen LogP contribution in [0.3, 0.4) is 0 Å². The van der Waals surface area contributed by atoms with E-state index in [2.05, 4.69) is 0 Å². The minimum absolute atomic E-state index is 0.0918. The third-order valence-corrected chi connectivity index (χ3v) is 3.83. The Morgan fingerprint density at radius 3 is 2.61 bits per heavy atom. The maximum absolute atomic E-state index is 13.1. The van der Waals surface area contributed by atoms with E-state index in [4.69, 9.17) is 18.0 Å². The summed E-state index contributed by atoms with van der Waals surface area (Å²) in [5.41, 5.74) is 5.51. The number of rotatable bonds is 5. The highest BCUT2D eigenvalue weighted by molar-refractivity contribution is 7.80. The summed E-state index contributed by atoms with van der Waals surface area (Å²) in [6.07, 6.45) is -0.251. The van der Waals surface area contributed by atoms with Gasteiger partial charge in [-0.25, -0.2) is 8.78 Å². The molecule has 2 unspecified atom stereocenters. The van der Waals surface area contributed by atoms with Crippen LogP contribution in [0.1, 0.15) is 33.1 Å². The molecular weight excluding hydrogens is 258 g/mol. The summed E-state index contributed by atoms with van der Waals surface area (Å²) in [4.78, 5) is 14.1. The Morgan fingerprint density at radius 2 is 2.22 bits per heavy atom. The lowest BCUT2D eigenvalue weighted by atomic mass is 10.0. The Kier molecular flexibility index (Phi) is 5.01. The average Bonchev–Trinajstić information content (AvgIpc) is 2.65. The lowest BCUT2D eigenvalue weighted by molar-refractivity contribution is -0.136. The number of nitrogens with zero attached hydrogens (tertiary/aromatic N) is 1. The van der Waals surface area contributed by atoms with Gasteiger partial charge in [0.15, 0.2) is 0 Å². The molecular formula is C12H20F2N2OS. The largest absolute Gasteiger partial charge is 0.393 e. The molecule has 2 atom stereocenters. The first-order chi connectivity index (χ1) is 8.26. The van der Waals surface area contributed by atoms with E-state index < -0.39 is 11.8 Å². The Morgan fingerprint density at radius 1 is 1.61 bits per heavy atom. The molecule has 1 saturated carbocycles. The number of hydrogen-bond acceptors (Lipinski definition) is 2. The van der Waals surface area contributed by atoms with Crippen LogP contribution in [-0.2, 0) is 4.79 Å². The Balaban J connectivity index is 2.60. The van der Waals surface area contributed by atoms with Gasteiger partial charge in [-0.15, -0.1) is 0 Å². The molecule has 3 nitrogen and oxygen atoms in total. The molecule has 0 aliphatic heterocycles. The van der Waals surface area contributed by atoms with Crippen LogP contribution < -0.4 is 5.73 Å². The van der Waals surface area contributed by atoms with E-state index >= 15 is 0 Å². The molecule has 1 aliphatic carbocycles. The molecule has 0 radical (unpaired) electrons.